The molecule has 1 aromatic rings. The molecule has 4 N–H and O–H groups in total. The zero-order valence-electron chi connectivity index (χ0n) is 6.98. The van der Waals surface area contributed by atoms with Crippen LogP contribution in [0.25, 0.3) is 0 Å². The highest BCUT2D eigenvalue weighted by Gasteiger charge is 2.16. The van der Waals surface area contributed by atoms with Gasteiger partial charge in [-0.2, -0.15) is 0 Å². The summed E-state index contributed by atoms with van der Waals surface area (Å²) in [6, 6.07) is 3.52. The summed E-state index contributed by atoms with van der Waals surface area (Å²) in [5.74, 6) is -1.22. The number of carbonyl (C=O) groups excluding carboxylic acids is 1. The van der Waals surface area contributed by atoms with E-state index in [1.165, 1.54) is 6.07 Å². The Hall–Kier alpha value is -1.60. The molecule has 5 nitrogen and oxygen atoms in total. The smallest absolute Gasteiger partial charge is 0.423 e. The number of rotatable bonds is 2. The monoisotopic (exact) mass is 199 g/mol. The van der Waals surface area contributed by atoms with E-state index < -0.39 is 13.1 Å². The molecule has 1 rings (SSSR count). The van der Waals surface area contributed by atoms with E-state index in [1.807, 2.05) is 0 Å². The lowest BCUT2D eigenvalue weighted by Crippen LogP contribution is -2.30. The lowest BCUT2D eigenvalue weighted by molar-refractivity contribution is -0.0787. The number of carbonyl (C=O) groups is 1. The van der Waals surface area contributed by atoms with Crippen LogP contribution in [0.1, 0.15) is 10.4 Å². The Morgan fingerprint density at radius 2 is 2.14 bits per heavy atom. The van der Waals surface area contributed by atoms with E-state index in [4.69, 9.17) is 15.8 Å². The summed E-state index contributed by atoms with van der Waals surface area (Å²) in [7, 11) is -1.69. The van der Waals surface area contributed by atoms with Gasteiger partial charge in [0.2, 0.25) is 0 Å². The first kappa shape index (κ1) is 10.5. The first-order valence-corrected chi connectivity index (χ1v) is 3.64. The van der Waals surface area contributed by atoms with Crippen LogP contribution in [0.2, 0.25) is 0 Å². The van der Waals surface area contributed by atoms with E-state index in [-0.39, 0.29) is 16.7 Å². The Labute approximate surface area is 79.0 Å². The van der Waals surface area contributed by atoms with Crippen LogP contribution in [-0.4, -0.2) is 23.1 Å². The number of halogens is 1. The van der Waals surface area contributed by atoms with Crippen LogP contribution in [0, 0.1) is 0 Å². The third kappa shape index (κ3) is 2.01. The lowest BCUT2D eigenvalue weighted by Gasteiger charge is -2.04. The zero-order valence-corrected chi connectivity index (χ0v) is 6.98. The van der Waals surface area contributed by atoms with E-state index in [2.05, 4.69) is 4.94 Å². The van der Waals surface area contributed by atoms with Crippen LogP contribution in [0.4, 0.5) is 10.2 Å². The standard InChI is InChI=1S/C7H7BFNO4/c9-14-7(11)5-2-1-4(8(12)13)3-6(5)10/h1-3,12-13H,10H2. The highest BCUT2D eigenvalue weighted by molar-refractivity contribution is 6.58. The van der Waals surface area contributed by atoms with E-state index >= 15 is 0 Å². The SMILES string of the molecule is Nc1cc(B(O)O)ccc1C(=O)OF. The highest BCUT2D eigenvalue weighted by atomic mass is 19.3. The number of benzene rings is 1. The van der Waals surface area contributed by atoms with Crippen LogP contribution in [-0.2, 0) is 4.94 Å². The van der Waals surface area contributed by atoms with Gasteiger partial charge in [-0.05, 0) is 17.6 Å². The number of nitrogens with two attached hydrogens (primary N) is 1. The minimum Gasteiger partial charge on any atom is -0.423 e. The quantitative estimate of drug-likeness (QED) is 0.419. The van der Waals surface area contributed by atoms with Crippen molar-refractivity contribution >= 4 is 24.2 Å². The molecule has 0 saturated heterocycles. The predicted octanol–water partition coefficient (Wildman–Crippen LogP) is -1.01. The molecule has 0 bridgehead atoms. The maximum Gasteiger partial charge on any atom is 0.488 e. The molecule has 1 aromatic carbocycles. The lowest BCUT2D eigenvalue weighted by atomic mass is 9.79. The second-order valence-corrected chi connectivity index (χ2v) is 2.58. The van der Waals surface area contributed by atoms with Crippen molar-refractivity contribution < 1.29 is 24.3 Å². The highest BCUT2D eigenvalue weighted by Crippen LogP contribution is 2.11. The van der Waals surface area contributed by atoms with Crippen molar-refractivity contribution in [2.45, 2.75) is 0 Å². The molecular weight excluding hydrogens is 192 g/mol. The van der Waals surface area contributed by atoms with Crippen molar-refractivity contribution in [2.24, 2.45) is 0 Å². The average molecular weight is 199 g/mol. The Morgan fingerprint density at radius 1 is 1.50 bits per heavy atom. The zero-order chi connectivity index (χ0) is 10.7. The molecule has 0 aliphatic carbocycles. The third-order valence-corrected chi connectivity index (χ3v) is 1.66. The predicted molar refractivity (Wildman–Crippen MR) is 47.2 cm³/mol. The molecule has 0 saturated carbocycles. The van der Waals surface area contributed by atoms with Crippen LogP contribution in [0.5, 0.6) is 0 Å². The normalized spacial score (nSPS) is 9.64. The molecule has 0 spiro atoms. The summed E-state index contributed by atoms with van der Waals surface area (Å²) in [5.41, 5.74) is 5.20. The minimum atomic E-state index is -1.69. The van der Waals surface area contributed by atoms with Crippen molar-refractivity contribution in [1.29, 1.82) is 0 Å². The summed E-state index contributed by atoms with van der Waals surface area (Å²) in [6.07, 6.45) is 0. The van der Waals surface area contributed by atoms with Gasteiger partial charge >= 0.3 is 13.1 Å². The van der Waals surface area contributed by atoms with E-state index in [0.29, 0.717) is 0 Å². The van der Waals surface area contributed by atoms with Crippen LogP contribution in [0.15, 0.2) is 18.2 Å². The summed E-state index contributed by atoms with van der Waals surface area (Å²) >= 11 is 0. The number of nitrogen functional groups attached to an aromatic ring is 1. The molecule has 7 heteroatoms. The fraction of sp³-hybridized carbons (Fsp3) is 0. The summed E-state index contributed by atoms with van der Waals surface area (Å²) < 4.78 is 11.5. The Morgan fingerprint density at radius 3 is 2.57 bits per heavy atom. The molecule has 0 aliphatic rings. The molecule has 0 radical (unpaired) electrons. The fourth-order valence-corrected chi connectivity index (χ4v) is 0.969. The van der Waals surface area contributed by atoms with Gasteiger partial charge in [0.05, 0.1) is 5.56 Å². The van der Waals surface area contributed by atoms with Crippen molar-refractivity contribution in [3.63, 3.8) is 0 Å². The molecule has 0 amide bonds. The summed E-state index contributed by atoms with van der Waals surface area (Å²) in [6.45, 7) is 0. The number of hydrogen-bond acceptors (Lipinski definition) is 5. The second kappa shape index (κ2) is 4.08. The van der Waals surface area contributed by atoms with Gasteiger partial charge in [-0.25, -0.2) is 9.74 Å². The Balaban J connectivity index is 3.07. The fourth-order valence-electron chi connectivity index (χ4n) is 0.969. The molecule has 0 fully saturated rings. The van der Waals surface area contributed by atoms with Gasteiger partial charge in [-0.15, -0.1) is 0 Å². The van der Waals surface area contributed by atoms with Gasteiger partial charge in [-0.1, -0.05) is 6.07 Å². The van der Waals surface area contributed by atoms with E-state index in [0.717, 1.165) is 12.1 Å². The van der Waals surface area contributed by atoms with Crippen LogP contribution < -0.4 is 11.2 Å². The summed E-state index contributed by atoms with van der Waals surface area (Å²) in [5, 5.41) is 17.5. The second-order valence-electron chi connectivity index (χ2n) is 2.58. The first-order chi connectivity index (χ1) is 6.56. The number of hydrogen-bond donors (Lipinski definition) is 3. The van der Waals surface area contributed by atoms with Gasteiger partial charge in [0.15, 0.2) is 0 Å². The van der Waals surface area contributed by atoms with Crippen molar-refractivity contribution in [3.05, 3.63) is 23.8 Å². The Bertz CT molecular complexity index is 358. The van der Waals surface area contributed by atoms with E-state index in [1.54, 1.807) is 0 Å². The molecule has 14 heavy (non-hydrogen) atoms. The largest absolute Gasteiger partial charge is 0.488 e. The number of anilines is 1. The molecule has 0 aliphatic heterocycles. The van der Waals surface area contributed by atoms with Gasteiger partial charge < -0.3 is 15.8 Å². The minimum absolute atomic E-state index is 0.0850. The third-order valence-electron chi connectivity index (χ3n) is 1.66. The van der Waals surface area contributed by atoms with Gasteiger partial charge in [0.1, 0.15) is 0 Å². The van der Waals surface area contributed by atoms with Gasteiger partial charge in [0.25, 0.3) is 0 Å². The molecular formula is C7H7BFNO4. The van der Waals surface area contributed by atoms with Crippen molar-refractivity contribution in [1.82, 2.24) is 0 Å². The first-order valence-electron chi connectivity index (χ1n) is 3.64. The molecule has 74 valence electrons. The molecule has 0 heterocycles. The molecule has 0 atom stereocenters. The molecule has 0 aromatic heterocycles. The van der Waals surface area contributed by atoms with Crippen molar-refractivity contribution in [3.8, 4) is 0 Å². The Kier molecular flexibility index (Phi) is 3.05. The van der Waals surface area contributed by atoms with Crippen molar-refractivity contribution in [2.75, 3.05) is 5.73 Å². The maximum atomic E-state index is 11.5. The van der Waals surface area contributed by atoms with E-state index in [9.17, 15) is 9.32 Å². The average Bonchev–Trinajstić information content (AvgIpc) is 2.16. The molecule has 0 unspecified atom stereocenters. The maximum absolute atomic E-state index is 11.5. The van der Waals surface area contributed by atoms with Gasteiger partial charge in [-0.3, -0.25) is 0 Å². The van der Waals surface area contributed by atoms with Crippen LogP contribution >= 0.6 is 0 Å². The summed E-state index contributed by atoms with van der Waals surface area (Å²) in [4.78, 5) is 13.7. The topological polar surface area (TPSA) is 92.8 Å². The van der Waals surface area contributed by atoms with Gasteiger partial charge in [0, 0.05) is 10.2 Å². The van der Waals surface area contributed by atoms with Crippen LogP contribution in [0.3, 0.4) is 0 Å².